The number of pyridine rings is 1. The van der Waals surface area contributed by atoms with Gasteiger partial charge in [0.1, 0.15) is 12.4 Å². The average Bonchev–Trinajstić information content (AvgIpc) is 2.64. The minimum Gasteiger partial charge on any atom is -0.489 e. The number of nitrogens with two attached hydrogens (primary N) is 1. The van der Waals surface area contributed by atoms with Gasteiger partial charge < -0.3 is 15.0 Å². The third-order valence-corrected chi connectivity index (χ3v) is 4.25. The van der Waals surface area contributed by atoms with E-state index < -0.39 is 5.91 Å². The van der Waals surface area contributed by atoms with Crippen LogP contribution in [0.25, 0.3) is 0 Å². The Labute approximate surface area is 155 Å². The Morgan fingerprint density at radius 3 is 2.50 bits per heavy atom. The summed E-state index contributed by atoms with van der Waals surface area (Å²) in [5, 5.41) is 0.387. The molecule has 0 bridgehead atoms. The molecule has 0 atom stereocenters. The molecule has 1 aromatic heterocycles. The van der Waals surface area contributed by atoms with E-state index in [0.29, 0.717) is 22.9 Å². The summed E-state index contributed by atoms with van der Waals surface area (Å²) in [6.07, 6.45) is 1.65. The summed E-state index contributed by atoms with van der Waals surface area (Å²) < 4.78 is 7.17. The summed E-state index contributed by atoms with van der Waals surface area (Å²) in [7, 11) is 0. The Hall–Kier alpha value is -3.05. The van der Waals surface area contributed by atoms with Crippen molar-refractivity contribution in [3.8, 4) is 5.75 Å². The molecular weight excluding hydrogens is 352 g/mol. The van der Waals surface area contributed by atoms with Crippen LogP contribution in [0.4, 0.5) is 0 Å². The summed E-state index contributed by atoms with van der Waals surface area (Å²) >= 11 is 6.18. The number of amides is 1. The average molecular weight is 369 g/mol. The van der Waals surface area contributed by atoms with Crippen LogP contribution in [0.3, 0.4) is 0 Å². The molecule has 2 aromatic carbocycles. The van der Waals surface area contributed by atoms with Gasteiger partial charge in [-0.15, -0.1) is 0 Å². The normalized spacial score (nSPS) is 10.5. The first-order valence-electron chi connectivity index (χ1n) is 7.98. The molecule has 132 valence electrons. The van der Waals surface area contributed by atoms with Gasteiger partial charge in [0.25, 0.3) is 5.56 Å². The van der Waals surface area contributed by atoms with Crippen molar-refractivity contribution in [1.82, 2.24) is 4.57 Å². The lowest BCUT2D eigenvalue weighted by molar-refractivity contribution is 0.100. The first-order valence-corrected chi connectivity index (χ1v) is 8.36. The fraction of sp³-hybridized carbons (Fsp3) is 0.100. The van der Waals surface area contributed by atoms with Crippen LogP contribution in [0, 0.1) is 0 Å². The third-order valence-electron chi connectivity index (χ3n) is 3.89. The summed E-state index contributed by atoms with van der Waals surface area (Å²) in [5.41, 5.74) is 7.10. The number of halogens is 1. The number of rotatable bonds is 6. The minimum absolute atomic E-state index is 0.203. The number of primary amides is 1. The van der Waals surface area contributed by atoms with Gasteiger partial charge >= 0.3 is 0 Å². The molecule has 0 radical (unpaired) electrons. The highest BCUT2D eigenvalue weighted by Crippen LogP contribution is 2.19. The van der Waals surface area contributed by atoms with Gasteiger partial charge in [-0.1, -0.05) is 48.0 Å². The minimum atomic E-state index is -0.546. The number of carbonyl (C=O) groups excluding carboxylic acids is 1. The van der Waals surface area contributed by atoms with Crippen LogP contribution >= 0.6 is 11.6 Å². The second-order valence-electron chi connectivity index (χ2n) is 5.77. The molecule has 3 rings (SSSR count). The van der Waals surface area contributed by atoms with E-state index in [-0.39, 0.29) is 12.1 Å². The standard InChI is InChI=1S/C20H17ClN2O3/c21-18-10-15(20(22)25)6-7-16(18)12-23-9-8-17(11-19(23)24)26-13-14-4-2-1-3-5-14/h1-11H,12-13H2,(H2,22,25). The number of ether oxygens (including phenoxy) is 1. The second-order valence-corrected chi connectivity index (χ2v) is 6.18. The van der Waals surface area contributed by atoms with Crippen molar-refractivity contribution < 1.29 is 9.53 Å². The van der Waals surface area contributed by atoms with E-state index in [4.69, 9.17) is 22.1 Å². The third kappa shape index (κ3) is 4.32. The zero-order valence-electron chi connectivity index (χ0n) is 13.9. The van der Waals surface area contributed by atoms with Crippen molar-refractivity contribution in [2.45, 2.75) is 13.2 Å². The summed E-state index contributed by atoms with van der Waals surface area (Å²) in [5.74, 6) is -0.0409. The van der Waals surface area contributed by atoms with E-state index in [1.165, 1.54) is 16.7 Å². The summed E-state index contributed by atoms with van der Waals surface area (Å²) in [4.78, 5) is 23.5. The van der Waals surface area contributed by atoms with Crippen molar-refractivity contribution in [2.24, 2.45) is 5.73 Å². The highest BCUT2D eigenvalue weighted by molar-refractivity contribution is 6.31. The molecule has 0 aliphatic rings. The lowest BCUT2D eigenvalue weighted by Gasteiger charge is -2.10. The largest absolute Gasteiger partial charge is 0.489 e. The fourth-order valence-corrected chi connectivity index (χ4v) is 2.70. The Bertz CT molecular complexity index is 984. The molecule has 0 saturated carbocycles. The zero-order chi connectivity index (χ0) is 18.5. The topological polar surface area (TPSA) is 74.3 Å². The van der Waals surface area contributed by atoms with E-state index in [1.54, 1.807) is 24.4 Å². The molecule has 0 fully saturated rings. The first kappa shape index (κ1) is 17.8. The molecule has 0 unspecified atom stereocenters. The molecule has 0 spiro atoms. The van der Waals surface area contributed by atoms with Crippen LogP contribution in [-0.2, 0) is 13.2 Å². The van der Waals surface area contributed by atoms with Crippen molar-refractivity contribution in [3.05, 3.63) is 98.9 Å². The Morgan fingerprint density at radius 1 is 1.08 bits per heavy atom. The predicted molar refractivity (Wildman–Crippen MR) is 101 cm³/mol. The van der Waals surface area contributed by atoms with Gasteiger partial charge in [-0.05, 0) is 29.3 Å². The van der Waals surface area contributed by atoms with E-state index in [0.717, 1.165) is 11.1 Å². The van der Waals surface area contributed by atoms with Gasteiger partial charge in [-0.25, -0.2) is 0 Å². The maximum absolute atomic E-state index is 12.3. The van der Waals surface area contributed by atoms with Crippen LogP contribution < -0.4 is 16.0 Å². The van der Waals surface area contributed by atoms with Crippen molar-refractivity contribution in [2.75, 3.05) is 0 Å². The number of hydrogen-bond acceptors (Lipinski definition) is 3. The van der Waals surface area contributed by atoms with Crippen LogP contribution in [-0.4, -0.2) is 10.5 Å². The monoisotopic (exact) mass is 368 g/mol. The van der Waals surface area contributed by atoms with Gasteiger partial charge in [0.05, 0.1) is 6.54 Å². The Balaban J connectivity index is 1.72. The maximum atomic E-state index is 12.3. The van der Waals surface area contributed by atoms with Crippen LogP contribution in [0.1, 0.15) is 21.5 Å². The number of carbonyl (C=O) groups is 1. The highest BCUT2D eigenvalue weighted by atomic mass is 35.5. The molecule has 2 N–H and O–H groups in total. The van der Waals surface area contributed by atoms with Gasteiger partial charge in [0, 0.05) is 22.8 Å². The molecule has 3 aromatic rings. The second kappa shape index (κ2) is 7.89. The number of hydrogen-bond donors (Lipinski definition) is 1. The molecule has 1 heterocycles. The van der Waals surface area contributed by atoms with E-state index in [9.17, 15) is 9.59 Å². The van der Waals surface area contributed by atoms with E-state index in [2.05, 4.69) is 0 Å². The number of aromatic nitrogens is 1. The van der Waals surface area contributed by atoms with Crippen molar-refractivity contribution in [3.63, 3.8) is 0 Å². The van der Waals surface area contributed by atoms with Gasteiger partial charge in [-0.3, -0.25) is 9.59 Å². The van der Waals surface area contributed by atoms with Gasteiger partial charge in [0.2, 0.25) is 5.91 Å². The summed E-state index contributed by atoms with van der Waals surface area (Å²) in [6.45, 7) is 0.681. The summed E-state index contributed by atoms with van der Waals surface area (Å²) in [6, 6.07) is 17.7. The van der Waals surface area contributed by atoms with Gasteiger partial charge in [-0.2, -0.15) is 0 Å². The van der Waals surface area contributed by atoms with E-state index in [1.807, 2.05) is 30.3 Å². The first-order chi connectivity index (χ1) is 12.5. The van der Waals surface area contributed by atoms with Crippen molar-refractivity contribution >= 4 is 17.5 Å². The van der Waals surface area contributed by atoms with E-state index >= 15 is 0 Å². The fourth-order valence-electron chi connectivity index (χ4n) is 2.46. The van der Waals surface area contributed by atoms with Crippen LogP contribution in [0.5, 0.6) is 5.75 Å². The maximum Gasteiger partial charge on any atom is 0.254 e. The lowest BCUT2D eigenvalue weighted by Crippen LogP contribution is -2.19. The smallest absolute Gasteiger partial charge is 0.254 e. The van der Waals surface area contributed by atoms with Crippen LogP contribution in [0.2, 0.25) is 5.02 Å². The van der Waals surface area contributed by atoms with Crippen LogP contribution in [0.15, 0.2) is 71.7 Å². The quantitative estimate of drug-likeness (QED) is 0.725. The molecular formula is C20H17ClN2O3. The van der Waals surface area contributed by atoms with Crippen molar-refractivity contribution in [1.29, 1.82) is 0 Å². The highest BCUT2D eigenvalue weighted by Gasteiger charge is 2.08. The lowest BCUT2D eigenvalue weighted by atomic mass is 10.1. The molecule has 0 saturated heterocycles. The molecule has 1 amide bonds. The SMILES string of the molecule is NC(=O)c1ccc(Cn2ccc(OCc3ccccc3)cc2=O)c(Cl)c1. The molecule has 6 heteroatoms. The number of nitrogens with zero attached hydrogens (tertiary/aromatic N) is 1. The Morgan fingerprint density at radius 2 is 1.85 bits per heavy atom. The van der Waals surface area contributed by atoms with Gasteiger partial charge in [0.15, 0.2) is 0 Å². The molecule has 5 nitrogen and oxygen atoms in total. The molecule has 0 aliphatic heterocycles. The zero-order valence-corrected chi connectivity index (χ0v) is 14.6. The molecule has 26 heavy (non-hydrogen) atoms. The Kier molecular flexibility index (Phi) is 5.39. The predicted octanol–water partition coefficient (Wildman–Crippen LogP) is 3.23. The molecule has 0 aliphatic carbocycles. The number of benzene rings is 2.